The first-order valence-electron chi connectivity index (χ1n) is 7.63. The molecule has 0 aliphatic rings. The van der Waals surface area contributed by atoms with E-state index in [2.05, 4.69) is 10.4 Å². The Bertz CT molecular complexity index is 917. The lowest BCUT2D eigenvalue weighted by molar-refractivity contribution is -0.122. The topological polar surface area (TPSA) is 76.1 Å². The van der Waals surface area contributed by atoms with Crippen LogP contribution in [0.3, 0.4) is 0 Å². The highest BCUT2D eigenvalue weighted by molar-refractivity contribution is 6.30. The Morgan fingerprint density at radius 1 is 1.16 bits per heavy atom. The molecule has 3 aromatic rings. The highest BCUT2D eigenvalue weighted by Crippen LogP contribution is 2.17. The Morgan fingerprint density at radius 2 is 1.84 bits per heavy atom. The number of nitrogens with zero attached hydrogens (tertiary/aromatic N) is 1. The number of aromatic nitrogens is 2. The van der Waals surface area contributed by atoms with Crippen molar-refractivity contribution in [3.63, 3.8) is 0 Å². The highest BCUT2D eigenvalue weighted by Gasteiger charge is 2.16. The summed E-state index contributed by atoms with van der Waals surface area (Å²) in [7, 11) is 0. The summed E-state index contributed by atoms with van der Waals surface area (Å²) in [5.74, 6) is 0.448. The maximum absolute atomic E-state index is 12.2. The third-order valence-corrected chi connectivity index (χ3v) is 3.74. The summed E-state index contributed by atoms with van der Waals surface area (Å²) in [6, 6.07) is 17.1. The van der Waals surface area contributed by atoms with Crippen molar-refractivity contribution in [2.24, 2.45) is 0 Å². The first-order valence-corrected chi connectivity index (χ1v) is 8.01. The average Bonchev–Trinajstić information content (AvgIpc) is 2.98. The molecule has 1 aromatic heterocycles. The minimum Gasteiger partial charge on any atom is -0.481 e. The van der Waals surface area contributed by atoms with E-state index in [0.717, 1.165) is 0 Å². The number of halogens is 1. The molecule has 2 N–H and O–H groups in total. The Kier molecular flexibility index (Phi) is 4.90. The summed E-state index contributed by atoms with van der Waals surface area (Å²) in [4.78, 5) is 24.3. The second-order valence-corrected chi connectivity index (χ2v) is 5.82. The maximum atomic E-state index is 12.2. The fraction of sp³-hybridized carbons (Fsp3) is 0.111. The van der Waals surface area contributed by atoms with Crippen LogP contribution in [-0.4, -0.2) is 21.8 Å². The molecule has 128 valence electrons. The van der Waals surface area contributed by atoms with E-state index in [0.29, 0.717) is 22.3 Å². The van der Waals surface area contributed by atoms with Crippen LogP contribution in [0, 0.1) is 0 Å². The van der Waals surface area contributed by atoms with Gasteiger partial charge in [-0.3, -0.25) is 14.7 Å². The molecule has 6 nitrogen and oxygen atoms in total. The molecule has 0 fully saturated rings. The molecule has 25 heavy (non-hydrogen) atoms. The third kappa shape index (κ3) is 4.10. The van der Waals surface area contributed by atoms with E-state index in [4.69, 9.17) is 16.3 Å². The molecule has 1 amide bonds. The van der Waals surface area contributed by atoms with E-state index in [1.54, 1.807) is 43.3 Å². The molecule has 0 radical (unpaired) electrons. The van der Waals surface area contributed by atoms with Crippen molar-refractivity contribution in [3.8, 4) is 11.4 Å². The Hall–Kier alpha value is -2.99. The predicted molar refractivity (Wildman–Crippen MR) is 96.6 cm³/mol. The number of para-hydroxylation sites is 1. The van der Waals surface area contributed by atoms with Gasteiger partial charge in [0.15, 0.2) is 6.10 Å². The summed E-state index contributed by atoms with van der Waals surface area (Å²) >= 11 is 5.81. The molecule has 0 saturated heterocycles. The van der Waals surface area contributed by atoms with Gasteiger partial charge in [-0.25, -0.2) is 4.68 Å². The molecule has 0 aliphatic carbocycles. The lowest BCUT2D eigenvalue weighted by atomic mass is 10.3. The number of hydrogen-bond acceptors (Lipinski definition) is 3. The van der Waals surface area contributed by atoms with Gasteiger partial charge in [0.05, 0.1) is 5.69 Å². The minimum absolute atomic E-state index is 0.271. The SMILES string of the molecule is CC(Oc1ccc(Cl)cc1)C(=O)Nc1cc(=O)n(-c2ccccc2)[nH]1. The summed E-state index contributed by atoms with van der Waals surface area (Å²) in [6.07, 6.45) is -0.746. The molecule has 0 spiro atoms. The third-order valence-electron chi connectivity index (χ3n) is 3.49. The Balaban J connectivity index is 1.68. The van der Waals surface area contributed by atoms with Crippen molar-refractivity contribution in [2.45, 2.75) is 13.0 Å². The van der Waals surface area contributed by atoms with E-state index < -0.39 is 6.10 Å². The second-order valence-electron chi connectivity index (χ2n) is 5.38. The number of anilines is 1. The van der Waals surface area contributed by atoms with Crippen LogP contribution in [0.15, 0.2) is 65.5 Å². The van der Waals surface area contributed by atoms with Gasteiger partial charge in [-0.1, -0.05) is 29.8 Å². The molecule has 7 heteroatoms. The van der Waals surface area contributed by atoms with Gasteiger partial charge in [-0.2, -0.15) is 0 Å². The van der Waals surface area contributed by atoms with Crippen LogP contribution < -0.4 is 15.6 Å². The van der Waals surface area contributed by atoms with Gasteiger partial charge >= 0.3 is 0 Å². The minimum atomic E-state index is -0.746. The van der Waals surface area contributed by atoms with Gasteiger partial charge in [0.25, 0.3) is 11.5 Å². The number of aromatic amines is 1. The Labute approximate surface area is 149 Å². The van der Waals surface area contributed by atoms with Gasteiger partial charge in [0.1, 0.15) is 11.6 Å². The average molecular weight is 358 g/mol. The van der Waals surface area contributed by atoms with E-state index in [1.165, 1.54) is 10.7 Å². The maximum Gasteiger partial charge on any atom is 0.273 e. The van der Waals surface area contributed by atoms with Crippen LogP contribution in [0.4, 0.5) is 5.82 Å². The lowest BCUT2D eigenvalue weighted by Crippen LogP contribution is -2.30. The van der Waals surface area contributed by atoms with Crippen molar-refractivity contribution in [2.75, 3.05) is 5.32 Å². The van der Waals surface area contributed by atoms with Crippen LogP contribution in [0.5, 0.6) is 5.75 Å². The van der Waals surface area contributed by atoms with Gasteiger partial charge in [-0.15, -0.1) is 0 Å². The standard InChI is InChI=1S/C18H16ClN3O3/c1-12(25-15-9-7-13(19)8-10-15)18(24)20-16-11-17(23)22(21-16)14-5-3-2-4-6-14/h2-12,21H,1H3,(H,20,24). The molecular weight excluding hydrogens is 342 g/mol. The highest BCUT2D eigenvalue weighted by atomic mass is 35.5. The van der Waals surface area contributed by atoms with E-state index in [9.17, 15) is 9.59 Å². The van der Waals surface area contributed by atoms with Gasteiger partial charge in [-0.05, 0) is 43.3 Å². The number of amides is 1. The normalized spacial score (nSPS) is 11.8. The number of rotatable bonds is 5. The molecule has 2 aromatic carbocycles. The van der Waals surface area contributed by atoms with Crippen molar-refractivity contribution in [1.82, 2.24) is 9.78 Å². The van der Waals surface area contributed by atoms with Crippen LogP contribution >= 0.6 is 11.6 Å². The summed E-state index contributed by atoms with van der Waals surface area (Å²) in [5, 5.41) is 6.08. The number of H-pyrrole nitrogens is 1. The predicted octanol–water partition coefficient (Wildman–Crippen LogP) is 3.23. The van der Waals surface area contributed by atoms with Crippen molar-refractivity contribution < 1.29 is 9.53 Å². The van der Waals surface area contributed by atoms with Crippen LogP contribution in [0.1, 0.15) is 6.92 Å². The summed E-state index contributed by atoms with van der Waals surface area (Å²) < 4.78 is 6.90. The number of carbonyl (C=O) groups is 1. The fourth-order valence-electron chi connectivity index (χ4n) is 2.23. The van der Waals surface area contributed by atoms with Crippen molar-refractivity contribution >= 4 is 23.3 Å². The van der Waals surface area contributed by atoms with Gasteiger partial charge in [0.2, 0.25) is 0 Å². The smallest absolute Gasteiger partial charge is 0.273 e. The summed E-state index contributed by atoms with van der Waals surface area (Å²) in [5.41, 5.74) is 0.409. The van der Waals surface area contributed by atoms with Crippen molar-refractivity contribution in [1.29, 1.82) is 0 Å². The number of nitrogens with one attached hydrogen (secondary N) is 2. The number of benzene rings is 2. The number of ether oxygens (including phenoxy) is 1. The molecule has 0 saturated carbocycles. The first kappa shape index (κ1) is 16.9. The molecule has 1 heterocycles. The van der Waals surface area contributed by atoms with Crippen LogP contribution in [-0.2, 0) is 4.79 Å². The molecule has 3 rings (SSSR count). The molecule has 1 atom stereocenters. The van der Waals surface area contributed by atoms with Crippen molar-refractivity contribution in [3.05, 3.63) is 76.0 Å². The lowest BCUT2D eigenvalue weighted by Gasteiger charge is -2.14. The zero-order valence-corrected chi connectivity index (χ0v) is 14.2. The zero-order valence-electron chi connectivity index (χ0n) is 13.4. The number of carbonyl (C=O) groups excluding carboxylic acids is 1. The second kappa shape index (κ2) is 7.27. The first-order chi connectivity index (χ1) is 12.0. The van der Waals surface area contributed by atoms with E-state index >= 15 is 0 Å². The van der Waals surface area contributed by atoms with E-state index in [-0.39, 0.29) is 11.5 Å². The molecular formula is C18H16ClN3O3. The monoisotopic (exact) mass is 357 g/mol. The largest absolute Gasteiger partial charge is 0.481 e. The molecule has 0 bridgehead atoms. The Morgan fingerprint density at radius 3 is 2.52 bits per heavy atom. The van der Waals surface area contributed by atoms with Gasteiger partial charge < -0.3 is 10.1 Å². The van der Waals surface area contributed by atoms with Crippen LogP contribution in [0.25, 0.3) is 5.69 Å². The molecule has 0 aliphatic heterocycles. The number of hydrogen-bond donors (Lipinski definition) is 2. The van der Waals surface area contributed by atoms with E-state index in [1.807, 2.05) is 18.2 Å². The zero-order chi connectivity index (χ0) is 17.8. The fourth-order valence-corrected chi connectivity index (χ4v) is 2.36. The van der Waals surface area contributed by atoms with Gasteiger partial charge in [0, 0.05) is 11.1 Å². The van der Waals surface area contributed by atoms with Crippen LogP contribution in [0.2, 0.25) is 5.02 Å². The summed E-state index contributed by atoms with van der Waals surface area (Å²) in [6.45, 7) is 1.62. The molecule has 1 unspecified atom stereocenters. The quantitative estimate of drug-likeness (QED) is 0.736.